The van der Waals surface area contributed by atoms with Crippen molar-refractivity contribution in [3.05, 3.63) is 95.1 Å². The van der Waals surface area contributed by atoms with Crippen LogP contribution in [-0.4, -0.2) is 0 Å². The minimum atomic E-state index is -0.413. The van der Waals surface area contributed by atoms with Gasteiger partial charge in [-0.1, -0.05) is 72.8 Å². The van der Waals surface area contributed by atoms with Crippen LogP contribution in [0.2, 0.25) is 0 Å². The van der Waals surface area contributed by atoms with Crippen LogP contribution in [-0.2, 0) is 16.9 Å². The van der Waals surface area contributed by atoms with Gasteiger partial charge in [-0.3, -0.25) is 0 Å². The molecule has 0 amide bonds. The molecular weight excluding hydrogens is 256 g/mol. The van der Waals surface area contributed by atoms with E-state index in [4.69, 9.17) is 4.74 Å². The summed E-state index contributed by atoms with van der Waals surface area (Å²) in [5, 5.41) is 0. The molecule has 21 heavy (non-hydrogen) atoms. The Morgan fingerprint density at radius 1 is 0.619 bits per heavy atom. The molecule has 3 aromatic carbocycles. The quantitative estimate of drug-likeness (QED) is 0.585. The molecule has 0 atom stereocenters. The Bertz CT molecular complexity index is 817. The van der Waals surface area contributed by atoms with Gasteiger partial charge < -0.3 is 4.74 Å². The first-order valence-corrected chi connectivity index (χ1v) is 7.33. The Kier molecular flexibility index (Phi) is 2.06. The predicted octanol–water partition coefficient (Wildman–Crippen LogP) is 4.49. The molecule has 1 heterocycles. The summed E-state index contributed by atoms with van der Waals surface area (Å²) in [6.07, 6.45) is 0. The highest BCUT2D eigenvalue weighted by atomic mass is 16.5. The molecule has 0 bridgehead atoms. The maximum atomic E-state index is 6.42. The zero-order chi connectivity index (χ0) is 13.9. The summed E-state index contributed by atoms with van der Waals surface area (Å²) in [6, 6.07) is 25.8. The van der Waals surface area contributed by atoms with Gasteiger partial charge in [0.05, 0.1) is 6.61 Å². The monoisotopic (exact) mass is 270 g/mol. The Labute approximate surface area is 123 Å². The summed E-state index contributed by atoms with van der Waals surface area (Å²) in [6.45, 7) is 0.679. The molecule has 100 valence electrons. The van der Waals surface area contributed by atoms with Crippen molar-refractivity contribution in [2.24, 2.45) is 0 Å². The first kappa shape index (κ1) is 11.3. The SMILES string of the molecule is c1ccc2c(c1)COC21c2ccccc2-c2ccccc21. The van der Waals surface area contributed by atoms with Crippen LogP contribution < -0.4 is 0 Å². The largest absolute Gasteiger partial charge is 0.356 e. The average molecular weight is 270 g/mol. The summed E-state index contributed by atoms with van der Waals surface area (Å²) < 4.78 is 6.42. The lowest BCUT2D eigenvalue weighted by Gasteiger charge is -2.27. The molecule has 2 aliphatic rings. The van der Waals surface area contributed by atoms with Crippen molar-refractivity contribution in [1.82, 2.24) is 0 Å². The topological polar surface area (TPSA) is 9.23 Å². The zero-order valence-electron chi connectivity index (χ0n) is 11.5. The van der Waals surface area contributed by atoms with E-state index >= 15 is 0 Å². The highest BCUT2D eigenvalue weighted by molar-refractivity contribution is 5.83. The Morgan fingerprint density at radius 2 is 1.14 bits per heavy atom. The molecule has 0 unspecified atom stereocenters. The number of benzene rings is 3. The Hall–Kier alpha value is -2.38. The van der Waals surface area contributed by atoms with Crippen molar-refractivity contribution in [3.63, 3.8) is 0 Å². The predicted molar refractivity (Wildman–Crippen MR) is 83.0 cm³/mol. The minimum absolute atomic E-state index is 0.413. The van der Waals surface area contributed by atoms with E-state index < -0.39 is 5.60 Å². The number of hydrogen-bond acceptors (Lipinski definition) is 1. The number of rotatable bonds is 0. The average Bonchev–Trinajstić information content (AvgIpc) is 3.08. The third-order valence-corrected chi connectivity index (χ3v) is 4.74. The van der Waals surface area contributed by atoms with Crippen molar-refractivity contribution in [3.8, 4) is 11.1 Å². The maximum absolute atomic E-state index is 6.42. The Morgan fingerprint density at radius 3 is 1.81 bits per heavy atom. The van der Waals surface area contributed by atoms with Gasteiger partial charge in [0, 0.05) is 11.1 Å². The third-order valence-electron chi connectivity index (χ3n) is 4.74. The molecule has 0 saturated heterocycles. The summed E-state index contributed by atoms with van der Waals surface area (Å²) in [5.74, 6) is 0. The van der Waals surface area contributed by atoms with E-state index in [1.54, 1.807) is 0 Å². The van der Waals surface area contributed by atoms with E-state index in [-0.39, 0.29) is 0 Å². The van der Waals surface area contributed by atoms with Crippen LogP contribution in [0.25, 0.3) is 11.1 Å². The van der Waals surface area contributed by atoms with Crippen LogP contribution in [0, 0.1) is 0 Å². The van der Waals surface area contributed by atoms with Crippen LogP contribution in [0.5, 0.6) is 0 Å². The summed E-state index contributed by atoms with van der Waals surface area (Å²) in [5.41, 5.74) is 7.32. The van der Waals surface area contributed by atoms with E-state index in [9.17, 15) is 0 Å². The Balaban J connectivity index is 1.94. The first-order valence-electron chi connectivity index (χ1n) is 7.33. The summed E-state index contributed by atoms with van der Waals surface area (Å²) >= 11 is 0. The minimum Gasteiger partial charge on any atom is -0.356 e. The van der Waals surface area contributed by atoms with Gasteiger partial charge in [-0.05, 0) is 22.3 Å². The van der Waals surface area contributed by atoms with Gasteiger partial charge in [0.1, 0.15) is 5.60 Å². The fourth-order valence-corrected chi connectivity index (χ4v) is 3.89. The van der Waals surface area contributed by atoms with Crippen molar-refractivity contribution < 1.29 is 4.74 Å². The van der Waals surface area contributed by atoms with E-state index in [1.807, 2.05) is 0 Å². The number of hydrogen-bond donors (Lipinski definition) is 0. The fraction of sp³-hybridized carbons (Fsp3) is 0.100. The van der Waals surface area contributed by atoms with Crippen LogP contribution in [0.4, 0.5) is 0 Å². The molecule has 1 aliphatic carbocycles. The first-order chi connectivity index (χ1) is 10.4. The molecule has 3 aromatic rings. The second-order valence-electron chi connectivity index (χ2n) is 5.72. The van der Waals surface area contributed by atoms with Crippen molar-refractivity contribution in [1.29, 1.82) is 0 Å². The second kappa shape index (κ2) is 3.84. The molecule has 1 nitrogen and oxygen atoms in total. The zero-order valence-corrected chi connectivity index (χ0v) is 11.5. The number of fused-ring (bicyclic) bond motifs is 7. The van der Waals surface area contributed by atoms with E-state index in [1.165, 1.54) is 33.4 Å². The highest BCUT2D eigenvalue weighted by Crippen LogP contribution is 2.56. The van der Waals surface area contributed by atoms with Crippen molar-refractivity contribution in [2.75, 3.05) is 0 Å². The van der Waals surface area contributed by atoms with Crippen LogP contribution in [0.3, 0.4) is 0 Å². The fourth-order valence-electron chi connectivity index (χ4n) is 3.89. The highest BCUT2D eigenvalue weighted by Gasteiger charge is 2.49. The van der Waals surface area contributed by atoms with Crippen molar-refractivity contribution >= 4 is 0 Å². The molecule has 0 saturated carbocycles. The lowest BCUT2D eigenvalue weighted by molar-refractivity contribution is 0.0301. The van der Waals surface area contributed by atoms with E-state index in [0.29, 0.717) is 6.61 Å². The number of ether oxygens (including phenoxy) is 1. The molecule has 1 aliphatic heterocycles. The van der Waals surface area contributed by atoms with Gasteiger partial charge in [0.2, 0.25) is 0 Å². The molecule has 1 spiro atoms. The third kappa shape index (κ3) is 1.25. The van der Waals surface area contributed by atoms with Gasteiger partial charge in [0.25, 0.3) is 0 Å². The molecule has 0 radical (unpaired) electrons. The van der Waals surface area contributed by atoms with Crippen LogP contribution >= 0.6 is 0 Å². The molecule has 5 rings (SSSR count). The van der Waals surface area contributed by atoms with E-state index in [0.717, 1.165) is 0 Å². The lowest BCUT2D eigenvalue weighted by atomic mass is 9.84. The molecular formula is C20H14O. The molecule has 1 heteroatoms. The smallest absolute Gasteiger partial charge is 0.145 e. The second-order valence-corrected chi connectivity index (χ2v) is 5.72. The summed E-state index contributed by atoms with van der Waals surface area (Å²) in [7, 11) is 0. The normalized spacial score (nSPS) is 16.6. The summed E-state index contributed by atoms with van der Waals surface area (Å²) in [4.78, 5) is 0. The van der Waals surface area contributed by atoms with Gasteiger partial charge in [-0.15, -0.1) is 0 Å². The standard InChI is InChI=1S/C20H14O/c1-4-10-17-14(7-1)13-21-20(17)18-11-5-2-8-15(18)16-9-3-6-12-19(16)20/h1-12H,13H2. The van der Waals surface area contributed by atoms with Gasteiger partial charge in [-0.2, -0.15) is 0 Å². The van der Waals surface area contributed by atoms with Crippen LogP contribution in [0.1, 0.15) is 22.3 Å². The van der Waals surface area contributed by atoms with Gasteiger partial charge in [-0.25, -0.2) is 0 Å². The van der Waals surface area contributed by atoms with Gasteiger partial charge >= 0.3 is 0 Å². The molecule has 0 fully saturated rings. The maximum Gasteiger partial charge on any atom is 0.145 e. The van der Waals surface area contributed by atoms with Crippen molar-refractivity contribution in [2.45, 2.75) is 12.2 Å². The lowest BCUT2D eigenvalue weighted by Crippen LogP contribution is -2.25. The van der Waals surface area contributed by atoms with Gasteiger partial charge in [0.15, 0.2) is 0 Å². The van der Waals surface area contributed by atoms with E-state index in [2.05, 4.69) is 72.8 Å². The molecule has 0 aromatic heterocycles. The van der Waals surface area contributed by atoms with Crippen LogP contribution in [0.15, 0.2) is 72.8 Å². The molecule has 0 N–H and O–H groups in total.